The summed E-state index contributed by atoms with van der Waals surface area (Å²) in [6, 6.07) is 8.31. The number of carbonyl (C=O) groups excluding carboxylic acids is 1. The largest absolute Gasteiger partial charge is 0.366 e. The summed E-state index contributed by atoms with van der Waals surface area (Å²) in [7, 11) is 0. The van der Waals surface area contributed by atoms with Crippen LogP contribution in [0.1, 0.15) is 0 Å². The molecule has 0 saturated carbocycles. The van der Waals surface area contributed by atoms with E-state index in [-0.39, 0.29) is 12.0 Å². The zero-order valence-corrected chi connectivity index (χ0v) is 13.7. The van der Waals surface area contributed by atoms with E-state index in [4.69, 9.17) is 4.74 Å². The molecule has 6 nitrogen and oxygen atoms in total. The lowest BCUT2D eigenvalue weighted by Gasteiger charge is -2.37. The molecule has 1 aromatic carbocycles. The first-order valence-electron chi connectivity index (χ1n) is 8.03. The zero-order valence-electron chi connectivity index (χ0n) is 12.9. The van der Waals surface area contributed by atoms with Gasteiger partial charge in [0.15, 0.2) is 0 Å². The highest BCUT2D eigenvalue weighted by Crippen LogP contribution is 2.29. The molecule has 1 N–H and O–H groups in total. The molecule has 0 aliphatic carbocycles. The summed E-state index contributed by atoms with van der Waals surface area (Å²) in [6.45, 7) is 5.15. The SMILES string of the molecule is O=C([C@H]1CNCCO1)N1CCN(c2nsc3ccccc23)CC1. The number of benzene rings is 1. The molecular weight excluding hydrogens is 312 g/mol. The number of fused-ring (bicyclic) bond motifs is 1. The lowest BCUT2D eigenvalue weighted by Crippen LogP contribution is -2.55. The van der Waals surface area contributed by atoms with E-state index in [0.717, 1.165) is 38.5 Å². The Morgan fingerprint density at radius 3 is 2.87 bits per heavy atom. The third kappa shape index (κ3) is 2.91. The molecule has 2 fully saturated rings. The van der Waals surface area contributed by atoms with Crippen molar-refractivity contribution in [1.82, 2.24) is 14.6 Å². The fourth-order valence-corrected chi connectivity index (χ4v) is 3.96. The van der Waals surface area contributed by atoms with E-state index in [9.17, 15) is 4.79 Å². The fraction of sp³-hybridized carbons (Fsp3) is 0.500. The number of rotatable bonds is 2. The molecule has 1 amide bonds. The minimum Gasteiger partial charge on any atom is -0.366 e. The highest BCUT2D eigenvalue weighted by molar-refractivity contribution is 7.13. The number of nitrogens with one attached hydrogen (secondary N) is 1. The molecule has 1 atom stereocenters. The second kappa shape index (κ2) is 6.43. The molecule has 23 heavy (non-hydrogen) atoms. The van der Waals surface area contributed by atoms with Gasteiger partial charge < -0.3 is 19.9 Å². The molecule has 3 heterocycles. The van der Waals surface area contributed by atoms with Gasteiger partial charge in [0.05, 0.1) is 11.3 Å². The summed E-state index contributed by atoms with van der Waals surface area (Å²) >= 11 is 1.54. The van der Waals surface area contributed by atoms with Crippen LogP contribution in [0.25, 0.3) is 10.1 Å². The van der Waals surface area contributed by atoms with E-state index in [2.05, 4.69) is 26.7 Å². The van der Waals surface area contributed by atoms with Crippen LogP contribution in [0.2, 0.25) is 0 Å². The summed E-state index contributed by atoms with van der Waals surface area (Å²) in [5, 5.41) is 4.42. The summed E-state index contributed by atoms with van der Waals surface area (Å²) in [6.07, 6.45) is -0.324. The number of morpholine rings is 1. The minimum absolute atomic E-state index is 0.111. The number of ether oxygens (including phenoxy) is 1. The minimum atomic E-state index is -0.324. The number of amides is 1. The van der Waals surface area contributed by atoms with E-state index in [1.54, 1.807) is 0 Å². The summed E-state index contributed by atoms with van der Waals surface area (Å²) in [5.41, 5.74) is 0. The summed E-state index contributed by atoms with van der Waals surface area (Å²) < 4.78 is 11.4. The van der Waals surface area contributed by atoms with Crippen LogP contribution in [0.15, 0.2) is 24.3 Å². The molecule has 122 valence electrons. The van der Waals surface area contributed by atoms with Gasteiger partial charge in [-0.1, -0.05) is 12.1 Å². The normalized spacial score (nSPS) is 22.5. The van der Waals surface area contributed by atoms with Crippen LogP contribution in [-0.2, 0) is 9.53 Å². The van der Waals surface area contributed by atoms with Crippen molar-refractivity contribution in [2.75, 3.05) is 50.8 Å². The highest BCUT2D eigenvalue weighted by atomic mass is 32.1. The molecule has 0 spiro atoms. The van der Waals surface area contributed by atoms with Gasteiger partial charge in [-0.25, -0.2) is 0 Å². The van der Waals surface area contributed by atoms with Gasteiger partial charge >= 0.3 is 0 Å². The molecule has 0 radical (unpaired) electrons. The van der Waals surface area contributed by atoms with Crippen molar-refractivity contribution in [3.05, 3.63) is 24.3 Å². The number of hydrogen-bond donors (Lipinski definition) is 1. The molecular formula is C16H20N4O2S. The van der Waals surface area contributed by atoms with Crippen molar-refractivity contribution in [1.29, 1.82) is 0 Å². The maximum atomic E-state index is 12.5. The molecule has 4 rings (SSSR count). The van der Waals surface area contributed by atoms with Gasteiger partial charge in [-0.2, -0.15) is 4.37 Å². The molecule has 7 heteroatoms. The summed E-state index contributed by atoms with van der Waals surface area (Å²) in [5.74, 6) is 1.16. The molecule has 2 aliphatic rings. The quantitative estimate of drug-likeness (QED) is 0.887. The Balaban J connectivity index is 1.41. The van der Waals surface area contributed by atoms with Gasteiger partial charge in [0.2, 0.25) is 0 Å². The van der Waals surface area contributed by atoms with E-state index in [1.807, 2.05) is 17.0 Å². The second-order valence-electron chi connectivity index (χ2n) is 5.88. The number of nitrogens with zero attached hydrogens (tertiary/aromatic N) is 3. The number of aromatic nitrogens is 1. The van der Waals surface area contributed by atoms with Crippen LogP contribution in [0.4, 0.5) is 5.82 Å². The van der Waals surface area contributed by atoms with Crippen molar-refractivity contribution < 1.29 is 9.53 Å². The van der Waals surface area contributed by atoms with Gasteiger partial charge in [-0.15, -0.1) is 0 Å². The topological polar surface area (TPSA) is 57.7 Å². The fourth-order valence-electron chi connectivity index (χ4n) is 3.17. The molecule has 2 saturated heterocycles. The monoisotopic (exact) mass is 332 g/mol. The predicted octanol–water partition coefficient (Wildman–Crippen LogP) is 0.933. The van der Waals surface area contributed by atoms with Crippen molar-refractivity contribution >= 4 is 33.3 Å². The molecule has 0 bridgehead atoms. The Morgan fingerprint density at radius 1 is 1.26 bits per heavy atom. The third-order valence-corrected chi connectivity index (χ3v) is 5.27. The van der Waals surface area contributed by atoms with Gasteiger partial charge in [-0.05, 0) is 23.7 Å². The average Bonchev–Trinajstić information content (AvgIpc) is 3.06. The maximum Gasteiger partial charge on any atom is 0.253 e. The Kier molecular flexibility index (Phi) is 4.15. The van der Waals surface area contributed by atoms with Crippen LogP contribution in [0.5, 0.6) is 0 Å². The lowest BCUT2D eigenvalue weighted by atomic mass is 10.2. The lowest BCUT2D eigenvalue weighted by molar-refractivity contribution is -0.145. The third-order valence-electron chi connectivity index (χ3n) is 4.45. The zero-order chi connectivity index (χ0) is 15.6. The number of hydrogen-bond acceptors (Lipinski definition) is 6. The number of piperazine rings is 1. The Labute approximate surface area is 139 Å². The second-order valence-corrected chi connectivity index (χ2v) is 6.68. The standard InChI is InChI=1S/C16H20N4O2S/c21-16(13-11-17-5-10-22-13)20-8-6-19(7-9-20)15-12-3-1-2-4-14(12)23-18-15/h1-4,13,17H,5-11H2/t13-/m1/s1. The van der Waals surface area contributed by atoms with Crippen molar-refractivity contribution in [2.24, 2.45) is 0 Å². The van der Waals surface area contributed by atoms with Gasteiger partial charge in [0, 0.05) is 44.7 Å². The van der Waals surface area contributed by atoms with Crippen LogP contribution in [-0.4, -0.2) is 67.2 Å². The molecule has 2 aromatic rings. The van der Waals surface area contributed by atoms with Crippen LogP contribution < -0.4 is 10.2 Å². The Hall–Kier alpha value is -1.70. The first-order chi connectivity index (χ1) is 11.3. The van der Waals surface area contributed by atoms with Gasteiger partial charge in [-0.3, -0.25) is 4.79 Å². The Morgan fingerprint density at radius 2 is 2.09 bits per heavy atom. The van der Waals surface area contributed by atoms with E-state index in [0.29, 0.717) is 13.2 Å². The number of carbonyl (C=O) groups is 1. The molecule has 1 aromatic heterocycles. The highest BCUT2D eigenvalue weighted by Gasteiger charge is 2.30. The van der Waals surface area contributed by atoms with Crippen molar-refractivity contribution in [3.8, 4) is 0 Å². The first-order valence-corrected chi connectivity index (χ1v) is 8.81. The van der Waals surface area contributed by atoms with E-state index in [1.165, 1.54) is 21.6 Å². The summed E-state index contributed by atoms with van der Waals surface area (Å²) in [4.78, 5) is 16.7. The van der Waals surface area contributed by atoms with Crippen molar-refractivity contribution in [2.45, 2.75) is 6.10 Å². The van der Waals surface area contributed by atoms with Crippen LogP contribution in [0.3, 0.4) is 0 Å². The predicted molar refractivity (Wildman–Crippen MR) is 91.0 cm³/mol. The maximum absolute atomic E-state index is 12.5. The van der Waals surface area contributed by atoms with E-state index >= 15 is 0 Å². The van der Waals surface area contributed by atoms with Crippen LogP contribution >= 0.6 is 11.5 Å². The van der Waals surface area contributed by atoms with Gasteiger partial charge in [0.1, 0.15) is 11.9 Å². The Bertz CT molecular complexity index is 690. The van der Waals surface area contributed by atoms with Crippen molar-refractivity contribution in [3.63, 3.8) is 0 Å². The molecule has 0 unspecified atom stereocenters. The first kappa shape index (κ1) is 14.9. The smallest absolute Gasteiger partial charge is 0.253 e. The average molecular weight is 332 g/mol. The van der Waals surface area contributed by atoms with E-state index < -0.39 is 0 Å². The van der Waals surface area contributed by atoms with Gasteiger partial charge in [0.25, 0.3) is 5.91 Å². The van der Waals surface area contributed by atoms with Crippen LogP contribution in [0, 0.1) is 0 Å². The number of anilines is 1. The molecule has 2 aliphatic heterocycles.